The maximum Gasteiger partial charge on any atom is 0.266 e. The topological polar surface area (TPSA) is 114 Å². The molecule has 2 amide bonds. The molecule has 8 nitrogen and oxygen atoms in total. The van der Waals surface area contributed by atoms with E-state index in [1.54, 1.807) is 6.07 Å². The number of pyridine rings is 1. The number of sulfonamides is 1. The maximum absolute atomic E-state index is 12.7. The second-order valence-electron chi connectivity index (χ2n) is 8.47. The van der Waals surface area contributed by atoms with Crippen molar-refractivity contribution < 1.29 is 22.7 Å². The lowest BCUT2D eigenvalue weighted by Gasteiger charge is -2.09. The fourth-order valence-electron chi connectivity index (χ4n) is 3.58. The predicted octanol–water partition coefficient (Wildman–Crippen LogP) is 3.89. The van der Waals surface area contributed by atoms with Crippen LogP contribution in [0.3, 0.4) is 0 Å². The van der Waals surface area contributed by atoms with Gasteiger partial charge in [0.2, 0.25) is 0 Å². The zero-order valence-electron chi connectivity index (χ0n) is 20.5. The zero-order chi connectivity index (χ0) is 26.8. The van der Waals surface area contributed by atoms with Gasteiger partial charge in [0.25, 0.3) is 21.8 Å². The fourth-order valence-corrected chi connectivity index (χ4v) is 4.56. The Labute approximate surface area is 221 Å². The van der Waals surface area contributed by atoms with E-state index in [1.165, 1.54) is 36.5 Å². The number of aromatic nitrogens is 1. The van der Waals surface area contributed by atoms with Crippen LogP contribution in [0.4, 0.5) is 0 Å². The number of carbonyl (C=O) groups is 2. The van der Waals surface area contributed by atoms with E-state index >= 15 is 0 Å². The van der Waals surface area contributed by atoms with Crippen molar-refractivity contribution in [2.75, 3.05) is 6.54 Å². The van der Waals surface area contributed by atoms with Crippen molar-refractivity contribution >= 4 is 21.8 Å². The summed E-state index contributed by atoms with van der Waals surface area (Å²) in [4.78, 5) is 29.0. The maximum atomic E-state index is 12.7. The molecule has 2 N–H and O–H groups in total. The molecule has 1 heterocycles. The minimum absolute atomic E-state index is 0.0924. The van der Waals surface area contributed by atoms with Crippen LogP contribution >= 0.6 is 0 Å². The van der Waals surface area contributed by atoms with Crippen LogP contribution in [-0.4, -0.2) is 31.8 Å². The fraction of sp³-hybridized carbons (Fsp3) is 0.138. The Hall–Kier alpha value is -4.34. The Morgan fingerprint density at radius 3 is 1.97 bits per heavy atom. The summed E-state index contributed by atoms with van der Waals surface area (Å²) in [6.45, 7) is 1.13. The molecule has 0 unspecified atom stereocenters. The number of hydrogen-bond acceptors (Lipinski definition) is 6. The van der Waals surface area contributed by atoms with Gasteiger partial charge in [-0.3, -0.25) is 14.6 Å². The van der Waals surface area contributed by atoms with E-state index in [1.807, 2.05) is 65.4 Å². The summed E-state index contributed by atoms with van der Waals surface area (Å²) in [6.07, 6.45) is 1.98. The predicted molar refractivity (Wildman–Crippen MR) is 143 cm³/mol. The van der Waals surface area contributed by atoms with Crippen molar-refractivity contribution in [1.29, 1.82) is 0 Å². The third-order valence-corrected chi connectivity index (χ3v) is 6.99. The van der Waals surface area contributed by atoms with Crippen LogP contribution in [0, 0.1) is 0 Å². The molecule has 4 rings (SSSR count). The molecule has 194 valence electrons. The van der Waals surface area contributed by atoms with Crippen molar-refractivity contribution in [2.45, 2.75) is 24.5 Å². The monoisotopic (exact) mass is 529 g/mol. The smallest absolute Gasteiger partial charge is 0.266 e. The van der Waals surface area contributed by atoms with Gasteiger partial charge in [0, 0.05) is 18.3 Å². The molecule has 0 fully saturated rings. The van der Waals surface area contributed by atoms with E-state index in [2.05, 4.69) is 10.3 Å². The number of rotatable bonds is 11. The van der Waals surface area contributed by atoms with Crippen molar-refractivity contribution in [3.8, 4) is 0 Å². The van der Waals surface area contributed by atoms with E-state index in [0.29, 0.717) is 30.8 Å². The molecule has 9 heteroatoms. The molecule has 0 aliphatic carbocycles. The largest absolute Gasteiger partial charge is 0.370 e. The molecular formula is C29H27N3O5S. The Balaban J connectivity index is 1.27. The first-order valence-electron chi connectivity index (χ1n) is 12.0. The first kappa shape index (κ1) is 26.7. The van der Waals surface area contributed by atoms with Crippen LogP contribution < -0.4 is 10.0 Å². The number of amides is 2. The van der Waals surface area contributed by atoms with Gasteiger partial charge in [0.1, 0.15) is 0 Å². The lowest BCUT2D eigenvalue weighted by molar-refractivity contribution is 0.0951. The summed E-state index contributed by atoms with van der Waals surface area (Å²) in [5.41, 5.74) is 3.15. The molecule has 1 aromatic heterocycles. The van der Waals surface area contributed by atoms with Crippen molar-refractivity contribution in [1.82, 2.24) is 15.0 Å². The normalized spacial score (nSPS) is 11.1. The summed E-state index contributed by atoms with van der Waals surface area (Å²) in [7, 11) is -4.14. The Kier molecular flexibility index (Phi) is 8.97. The Morgan fingerprint density at radius 1 is 0.711 bits per heavy atom. The molecule has 4 aromatic rings. The molecule has 0 atom stereocenters. The molecule has 3 aromatic carbocycles. The van der Waals surface area contributed by atoms with Gasteiger partial charge in [-0.1, -0.05) is 60.7 Å². The van der Waals surface area contributed by atoms with Crippen LogP contribution in [0.5, 0.6) is 0 Å². The number of nitrogens with zero attached hydrogens (tertiary/aromatic N) is 1. The SMILES string of the molecule is O=C(NCCc1ccccc1)c1ccc(S(=O)(=O)NC(=O)c2ccc(COCc3ccccc3)nc2)cc1. The van der Waals surface area contributed by atoms with E-state index in [9.17, 15) is 18.0 Å². The average molecular weight is 530 g/mol. The van der Waals surface area contributed by atoms with Crippen LogP contribution in [0.25, 0.3) is 0 Å². The van der Waals surface area contributed by atoms with E-state index in [4.69, 9.17) is 4.74 Å². The number of benzene rings is 3. The summed E-state index contributed by atoms with van der Waals surface area (Å²) >= 11 is 0. The lowest BCUT2D eigenvalue weighted by atomic mass is 10.1. The molecular weight excluding hydrogens is 502 g/mol. The average Bonchev–Trinajstić information content (AvgIpc) is 2.94. The first-order chi connectivity index (χ1) is 18.4. The molecule has 0 aliphatic rings. The highest BCUT2D eigenvalue weighted by atomic mass is 32.2. The second-order valence-corrected chi connectivity index (χ2v) is 10.1. The molecule has 0 saturated heterocycles. The van der Waals surface area contributed by atoms with Crippen LogP contribution in [0.15, 0.2) is 108 Å². The third-order valence-electron chi connectivity index (χ3n) is 5.64. The van der Waals surface area contributed by atoms with Crippen molar-refractivity contribution in [2.24, 2.45) is 0 Å². The van der Waals surface area contributed by atoms with Gasteiger partial charge in [-0.15, -0.1) is 0 Å². The van der Waals surface area contributed by atoms with E-state index in [-0.39, 0.29) is 23.0 Å². The summed E-state index contributed by atoms with van der Waals surface area (Å²) in [5, 5.41) is 2.81. The molecule has 38 heavy (non-hydrogen) atoms. The number of nitrogens with one attached hydrogen (secondary N) is 2. The molecule has 0 saturated carbocycles. The van der Waals surface area contributed by atoms with Gasteiger partial charge in [-0.25, -0.2) is 13.1 Å². The second kappa shape index (κ2) is 12.8. The number of ether oxygens (including phenoxy) is 1. The molecule has 0 spiro atoms. The highest BCUT2D eigenvalue weighted by Crippen LogP contribution is 2.12. The van der Waals surface area contributed by atoms with Gasteiger partial charge in [0.15, 0.2) is 0 Å². The first-order valence-corrected chi connectivity index (χ1v) is 13.4. The van der Waals surface area contributed by atoms with Gasteiger partial charge in [-0.2, -0.15) is 0 Å². The van der Waals surface area contributed by atoms with E-state index in [0.717, 1.165) is 11.1 Å². The summed E-state index contributed by atoms with van der Waals surface area (Å²) in [5.74, 6) is -1.12. The molecule has 0 aliphatic heterocycles. The minimum atomic E-state index is -4.14. The standard InChI is InChI=1S/C29H27N3O5S/c33-28(30-18-17-22-7-3-1-4-8-22)24-12-15-27(16-13-24)38(35,36)32-29(34)25-11-14-26(31-19-25)21-37-20-23-9-5-2-6-10-23/h1-16,19H,17-18,20-21H2,(H,30,33)(H,32,34). The highest BCUT2D eigenvalue weighted by Gasteiger charge is 2.19. The zero-order valence-corrected chi connectivity index (χ0v) is 21.4. The summed E-state index contributed by atoms with van der Waals surface area (Å²) < 4.78 is 33.1. The quantitative estimate of drug-likeness (QED) is 0.305. The number of carbonyl (C=O) groups excluding carboxylic acids is 2. The van der Waals surface area contributed by atoms with Gasteiger partial charge in [0.05, 0.1) is 29.4 Å². The van der Waals surface area contributed by atoms with E-state index < -0.39 is 15.9 Å². The molecule has 0 bridgehead atoms. The van der Waals surface area contributed by atoms with Crippen LogP contribution in [0.2, 0.25) is 0 Å². The van der Waals surface area contributed by atoms with Gasteiger partial charge in [-0.05, 0) is 53.9 Å². The Morgan fingerprint density at radius 2 is 1.34 bits per heavy atom. The minimum Gasteiger partial charge on any atom is -0.370 e. The van der Waals surface area contributed by atoms with Gasteiger partial charge < -0.3 is 10.1 Å². The van der Waals surface area contributed by atoms with Crippen molar-refractivity contribution in [3.63, 3.8) is 0 Å². The van der Waals surface area contributed by atoms with Crippen LogP contribution in [0.1, 0.15) is 37.5 Å². The third kappa shape index (κ3) is 7.58. The Bertz CT molecular complexity index is 1460. The van der Waals surface area contributed by atoms with Gasteiger partial charge >= 0.3 is 0 Å². The van der Waals surface area contributed by atoms with Crippen molar-refractivity contribution in [3.05, 3.63) is 131 Å². The van der Waals surface area contributed by atoms with Crippen LogP contribution in [-0.2, 0) is 34.4 Å². The lowest BCUT2D eigenvalue weighted by Crippen LogP contribution is -2.31. The summed E-state index contributed by atoms with van der Waals surface area (Å²) in [6, 6.07) is 27.9. The highest BCUT2D eigenvalue weighted by molar-refractivity contribution is 7.90. The number of hydrogen-bond donors (Lipinski definition) is 2. The molecule has 0 radical (unpaired) electrons.